The third-order valence-corrected chi connectivity index (χ3v) is 4.14. The monoisotopic (exact) mass is 288 g/mol. The van der Waals surface area contributed by atoms with Gasteiger partial charge >= 0.3 is 0 Å². The molecule has 2 atom stereocenters. The number of hydrogen-bond donors (Lipinski definition) is 1. The molecule has 0 saturated carbocycles. The van der Waals surface area contributed by atoms with Crippen LogP contribution in [-0.2, 0) is 13.0 Å². The molecule has 1 amide bonds. The van der Waals surface area contributed by atoms with Crippen LogP contribution < -0.4 is 5.32 Å². The van der Waals surface area contributed by atoms with E-state index in [1.54, 1.807) is 12.3 Å². The standard InChI is InChI=1S/C15H20N4O2/c1-3-10(2)12-8-13(21-18-12)15(20)17-11-4-5-14-16-6-7-19(14)9-11/h6-8,10-11H,3-5,9H2,1-2H3,(H,17,20)/t10-,11+/m0/s1. The van der Waals surface area contributed by atoms with E-state index in [4.69, 9.17) is 4.52 Å². The van der Waals surface area contributed by atoms with Gasteiger partial charge in [0.15, 0.2) is 0 Å². The molecule has 0 spiro atoms. The van der Waals surface area contributed by atoms with Crippen LogP contribution in [0, 0.1) is 0 Å². The van der Waals surface area contributed by atoms with Crippen molar-refractivity contribution in [3.63, 3.8) is 0 Å². The quantitative estimate of drug-likeness (QED) is 0.935. The molecule has 0 aromatic carbocycles. The maximum absolute atomic E-state index is 12.2. The number of carbonyl (C=O) groups is 1. The second-order valence-corrected chi connectivity index (χ2v) is 5.63. The fourth-order valence-corrected chi connectivity index (χ4v) is 2.58. The number of fused-ring (bicyclic) bond motifs is 1. The van der Waals surface area contributed by atoms with Crippen molar-refractivity contribution in [1.82, 2.24) is 20.0 Å². The minimum Gasteiger partial charge on any atom is -0.351 e. The fraction of sp³-hybridized carbons (Fsp3) is 0.533. The van der Waals surface area contributed by atoms with Crippen molar-refractivity contribution in [2.24, 2.45) is 0 Å². The summed E-state index contributed by atoms with van der Waals surface area (Å²) in [4.78, 5) is 16.5. The molecule has 3 rings (SSSR count). The lowest BCUT2D eigenvalue weighted by Gasteiger charge is -2.24. The molecule has 21 heavy (non-hydrogen) atoms. The number of aromatic nitrogens is 3. The van der Waals surface area contributed by atoms with Crippen molar-refractivity contribution >= 4 is 5.91 Å². The molecule has 2 aromatic rings. The number of amides is 1. The van der Waals surface area contributed by atoms with Crippen molar-refractivity contribution in [3.05, 3.63) is 35.7 Å². The van der Waals surface area contributed by atoms with Gasteiger partial charge in [0.05, 0.1) is 5.69 Å². The van der Waals surface area contributed by atoms with Crippen molar-refractivity contribution in [2.45, 2.75) is 51.6 Å². The Kier molecular flexibility index (Phi) is 3.77. The molecule has 0 unspecified atom stereocenters. The summed E-state index contributed by atoms with van der Waals surface area (Å²) in [6.45, 7) is 4.92. The van der Waals surface area contributed by atoms with E-state index in [2.05, 4.69) is 33.9 Å². The van der Waals surface area contributed by atoms with Gasteiger partial charge in [-0.25, -0.2) is 4.98 Å². The first-order valence-electron chi connectivity index (χ1n) is 7.45. The molecule has 1 aliphatic rings. The number of rotatable bonds is 4. The minimum absolute atomic E-state index is 0.108. The largest absolute Gasteiger partial charge is 0.351 e. The molecular formula is C15H20N4O2. The summed E-state index contributed by atoms with van der Waals surface area (Å²) in [6, 6.07) is 1.85. The number of carbonyl (C=O) groups excluding carboxylic acids is 1. The first-order valence-corrected chi connectivity index (χ1v) is 7.45. The lowest BCUT2D eigenvalue weighted by atomic mass is 10.0. The number of hydrogen-bond acceptors (Lipinski definition) is 4. The summed E-state index contributed by atoms with van der Waals surface area (Å²) in [7, 11) is 0. The highest BCUT2D eigenvalue weighted by Gasteiger charge is 2.23. The lowest BCUT2D eigenvalue weighted by Crippen LogP contribution is -2.40. The first-order chi connectivity index (χ1) is 10.2. The summed E-state index contributed by atoms with van der Waals surface area (Å²) < 4.78 is 7.25. The van der Waals surface area contributed by atoms with Crippen LogP contribution >= 0.6 is 0 Å². The Hall–Kier alpha value is -2.11. The average Bonchev–Trinajstić information content (AvgIpc) is 3.14. The molecule has 0 fully saturated rings. The molecular weight excluding hydrogens is 268 g/mol. The van der Waals surface area contributed by atoms with Gasteiger partial charge in [-0.2, -0.15) is 0 Å². The van der Waals surface area contributed by atoms with Crippen LogP contribution in [-0.4, -0.2) is 26.7 Å². The van der Waals surface area contributed by atoms with E-state index in [1.165, 1.54) is 0 Å². The Morgan fingerprint density at radius 2 is 2.48 bits per heavy atom. The average molecular weight is 288 g/mol. The smallest absolute Gasteiger partial charge is 0.290 e. The van der Waals surface area contributed by atoms with Crippen molar-refractivity contribution in [2.75, 3.05) is 0 Å². The van der Waals surface area contributed by atoms with Gasteiger partial charge in [-0.1, -0.05) is 19.0 Å². The summed E-state index contributed by atoms with van der Waals surface area (Å²) in [6.07, 6.45) is 6.50. The van der Waals surface area contributed by atoms with Gasteiger partial charge in [0.25, 0.3) is 5.91 Å². The molecule has 0 bridgehead atoms. The van der Waals surface area contributed by atoms with Crippen LogP contribution in [0.1, 0.15) is 54.7 Å². The number of nitrogens with zero attached hydrogens (tertiary/aromatic N) is 3. The molecule has 0 aliphatic carbocycles. The van der Waals surface area contributed by atoms with Crippen LogP contribution in [0.3, 0.4) is 0 Å². The fourth-order valence-electron chi connectivity index (χ4n) is 2.58. The van der Waals surface area contributed by atoms with Crippen molar-refractivity contribution < 1.29 is 9.32 Å². The van der Waals surface area contributed by atoms with Gasteiger partial charge < -0.3 is 14.4 Å². The SMILES string of the molecule is CC[C@H](C)c1cc(C(=O)N[C@@H]2CCc3nccn3C2)on1. The van der Waals surface area contributed by atoms with Crippen molar-refractivity contribution in [3.8, 4) is 0 Å². The molecule has 3 heterocycles. The van der Waals surface area contributed by atoms with E-state index in [1.807, 2.05) is 6.20 Å². The lowest BCUT2D eigenvalue weighted by molar-refractivity contribution is 0.0890. The molecule has 2 aromatic heterocycles. The van der Waals surface area contributed by atoms with Crippen LogP contribution in [0.4, 0.5) is 0 Å². The minimum atomic E-state index is -0.189. The normalized spacial score (nSPS) is 19.0. The zero-order valence-corrected chi connectivity index (χ0v) is 12.4. The van der Waals surface area contributed by atoms with E-state index in [0.29, 0.717) is 11.7 Å². The second-order valence-electron chi connectivity index (χ2n) is 5.63. The van der Waals surface area contributed by atoms with Crippen LogP contribution in [0.25, 0.3) is 0 Å². The van der Waals surface area contributed by atoms with Crippen LogP contribution in [0.2, 0.25) is 0 Å². The van der Waals surface area contributed by atoms with E-state index >= 15 is 0 Å². The highest BCUT2D eigenvalue weighted by molar-refractivity contribution is 5.91. The Morgan fingerprint density at radius 1 is 1.62 bits per heavy atom. The Balaban J connectivity index is 1.63. The molecule has 1 aliphatic heterocycles. The second kappa shape index (κ2) is 5.71. The summed E-state index contributed by atoms with van der Waals surface area (Å²) >= 11 is 0. The third-order valence-electron chi connectivity index (χ3n) is 4.14. The van der Waals surface area contributed by atoms with Crippen molar-refractivity contribution in [1.29, 1.82) is 0 Å². The maximum Gasteiger partial charge on any atom is 0.290 e. The van der Waals surface area contributed by atoms with Gasteiger partial charge in [-0.05, 0) is 12.8 Å². The molecule has 0 radical (unpaired) electrons. The number of aryl methyl sites for hydroxylation is 1. The highest BCUT2D eigenvalue weighted by Crippen LogP contribution is 2.19. The summed E-state index contributed by atoms with van der Waals surface area (Å²) in [5.41, 5.74) is 0.836. The topological polar surface area (TPSA) is 73.0 Å². The van der Waals surface area contributed by atoms with E-state index in [-0.39, 0.29) is 11.9 Å². The van der Waals surface area contributed by atoms with Crippen LogP contribution in [0.5, 0.6) is 0 Å². The van der Waals surface area contributed by atoms with Gasteiger partial charge in [0, 0.05) is 43.4 Å². The van der Waals surface area contributed by atoms with Crippen LogP contribution in [0.15, 0.2) is 23.0 Å². The maximum atomic E-state index is 12.2. The summed E-state index contributed by atoms with van der Waals surface area (Å²) in [5.74, 6) is 1.49. The van der Waals surface area contributed by atoms with E-state index in [9.17, 15) is 4.79 Å². The molecule has 6 heteroatoms. The predicted molar refractivity (Wildman–Crippen MR) is 77.0 cm³/mol. The Labute approximate surface area is 123 Å². The zero-order valence-electron chi connectivity index (χ0n) is 12.4. The Bertz CT molecular complexity index is 631. The molecule has 0 saturated heterocycles. The number of imidazole rings is 1. The Morgan fingerprint density at radius 3 is 3.29 bits per heavy atom. The third kappa shape index (κ3) is 2.84. The van der Waals surface area contributed by atoms with Gasteiger partial charge in [-0.15, -0.1) is 0 Å². The number of nitrogens with one attached hydrogen (secondary N) is 1. The van der Waals surface area contributed by atoms with Gasteiger partial charge in [0.2, 0.25) is 5.76 Å². The zero-order chi connectivity index (χ0) is 14.8. The van der Waals surface area contributed by atoms with E-state index in [0.717, 1.165) is 37.3 Å². The van der Waals surface area contributed by atoms with Gasteiger partial charge in [-0.3, -0.25) is 4.79 Å². The summed E-state index contributed by atoms with van der Waals surface area (Å²) in [5, 5.41) is 6.99. The molecule has 112 valence electrons. The highest BCUT2D eigenvalue weighted by atomic mass is 16.5. The molecule has 6 nitrogen and oxygen atoms in total. The first kappa shape index (κ1) is 13.9. The van der Waals surface area contributed by atoms with Gasteiger partial charge in [0.1, 0.15) is 5.82 Å². The molecule has 1 N–H and O–H groups in total. The predicted octanol–water partition coefficient (Wildman–Crippen LogP) is 2.13. The van der Waals surface area contributed by atoms with E-state index < -0.39 is 0 Å².